The first-order valence-electron chi connectivity index (χ1n) is 12.5. The Morgan fingerprint density at radius 3 is 1.43 bits per heavy atom. The lowest BCUT2D eigenvalue weighted by molar-refractivity contribution is 0.755. The quantitative estimate of drug-likeness (QED) is 0.275. The fraction of sp³-hybridized carbons (Fsp3) is 0.0588. The molecule has 0 atom stereocenters. The predicted octanol–water partition coefficient (Wildman–Crippen LogP) is 7.82. The van der Waals surface area contributed by atoms with Crippen molar-refractivity contribution in [3.63, 3.8) is 0 Å². The number of rotatable bonds is 5. The van der Waals surface area contributed by atoms with Crippen molar-refractivity contribution in [2.75, 3.05) is 0 Å². The normalized spacial score (nSPS) is 13.4. The lowest BCUT2D eigenvalue weighted by atomic mass is 10.0. The molecule has 1 heterocycles. The first-order valence-corrected chi connectivity index (χ1v) is 12.5. The number of nitrogens with one attached hydrogen (secondary N) is 1. The van der Waals surface area contributed by atoms with E-state index in [4.69, 9.17) is 9.98 Å². The molecule has 0 bridgehead atoms. The maximum atomic E-state index is 5.07. The molecule has 0 unspecified atom stereocenters. The van der Waals surface area contributed by atoms with Gasteiger partial charge in [-0.2, -0.15) is 0 Å². The van der Waals surface area contributed by atoms with Crippen LogP contribution in [-0.4, -0.2) is 11.7 Å². The van der Waals surface area contributed by atoms with Crippen LogP contribution >= 0.6 is 0 Å². The van der Waals surface area contributed by atoms with Gasteiger partial charge in [0.05, 0.1) is 0 Å². The van der Waals surface area contributed by atoms with Crippen molar-refractivity contribution in [1.29, 1.82) is 0 Å². The van der Waals surface area contributed by atoms with E-state index in [-0.39, 0.29) is 6.17 Å². The summed E-state index contributed by atoms with van der Waals surface area (Å²) in [5.41, 5.74) is 9.02. The lowest BCUT2D eigenvalue weighted by Gasteiger charge is -2.23. The summed E-state index contributed by atoms with van der Waals surface area (Å²) in [6, 6.07) is 46.4. The van der Waals surface area contributed by atoms with Gasteiger partial charge in [0.25, 0.3) is 0 Å². The maximum Gasteiger partial charge on any atom is 0.169 e. The standard InChI is InChI=1S/C34H27N3/c1-24-11-8-18-29(21-24)32-35-33(30-19-9-16-27(22-30)25-12-4-2-5-13-25)37-34(36-32)31-20-10-17-28(23-31)26-14-6-3-7-15-26/h2-23,32H,1H3,(H,35,36,37). The molecule has 0 amide bonds. The number of aliphatic imine (C=N–C) groups is 2. The fourth-order valence-electron chi connectivity index (χ4n) is 4.68. The third-order valence-corrected chi connectivity index (χ3v) is 6.57. The van der Waals surface area contributed by atoms with Gasteiger partial charge < -0.3 is 5.32 Å². The van der Waals surface area contributed by atoms with E-state index in [1.165, 1.54) is 16.7 Å². The SMILES string of the molecule is Cc1cccc(C2N=C(c3cccc(-c4ccccc4)c3)NC(c3cccc(-c4ccccc4)c3)=N2)c1. The number of benzene rings is 5. The Bertz CT molecular complexity index is 1500. The van der Waals surface area contributed by atoms with E-state index in [1.807, 2.05) is 12.1 Å². The minimum Gasteiger partial charge on any atom is -0.324 e. The third-order valence-electron chi connectivity index (χ3n) is 6.57. The summed E-state index contributed by atoms with van der Waals surface area (Å²) >= 11 is 0. The smallest absolute Gasteiger partial charge is 0.169 e. The Hall–Kier alpha value is -4.76. The van der Waals surface area contributed by atoms with Crippen LogP contribution in [0.2, 0.25) is 0 Å². The van der Waals surface area contributed by atoms with E-state index in [0.717, 1.165) is 39.5 Å². The van der Waals surface area contributed by atoms with Gasteiger partial charge in [-0.05, 0) is 46.9 Å². The van der Waals surface area contributed by atoms with E-state index in [9.17, 15) is 0 Å². The van der Waals surface area contributed by atoms with E-state index >= 15 is 0 Å². The van der Waals surface area contributed by atoms with Crippen molar-refractivity contribution in [3.8, 4) is 22.3 Å². The van der Waals surface area contributed by atoms with Gasteiger partial charge in [-0.1, -0.05) is 127 Å². The van der Waals surface area contributed by atoms with Crippen molar-refractivity contribution in [2.45, 2.75) is 13.1 Å². The molecular formula is C34H27N3. The lowest BCUT2D eigenvalue weighted by Crippen LogP contribution is -2.36. The van der Waals surface area contributed by atoms with E-state index in [1.54, 1.807) is 0 Å². The third kappa shape index (κ3) is 4.98. The zero-order chi connectivity index (χ0) is 25.0. The molecule has 3 heteroatoms. The molecule has 0 saturated carbocycles. The molecule has 0 fully saturated rings. The molecule has 0 aromatic heterocycles. The van der Waals surface area contributed by atoms with Crippen molar-refractivity contribution in [3.05, 3.63) is 156 Å². The van der Waals surface area contributed by atoms with Crippen LogP contribution in [0.5, 0.6) is 0 Å². The molecular weight excluding hydrogens is 450 g/mol. The van der Waals surface area contributed by atoms with Crippen LogP contribution in [0.15, 0.2) is 143 Å². The van der Waals surface area contributed by atoms with Gasteiger partial charge in [0.2, 0.25) is 0 Å². The highest BCUT2D eigenvalue weighted by molar-refractivity contribution is 6.16. The monoisotopic (exact) mass is 477 g/mol. The highest BCUT2D eigenvalue weighted by atomic mass is 15.2. The van der Waals surface area contributed by atoms with Crippen molar-refractivity contribution < 1.29 is 0 Å². The average Bonchev–Trinajstić information content (AvgIpc) is 2.98. The Kier molecular flexibility index (Phi) is 6.18. The number of amidine groups is 2. The second kappa shape index (κ2) is 10.1. The van der Waals surface area contributed by atoms with Crippen molar-refractivity contribution in [2.24, 2.45) is 9.98 Å². The van der Waals surface area contributed by atoms with Gasteiger partial charge in [0.15, 0.2) is 6.17 Å². The Labute approximate surface area is 217 Å². The second-order valence-electron chi connectivity index (χ2n) is 9.26. The zero-order valence-electron chi connectivity index (χ0n) is 20.7. The number of aryl methyl sites for hydroxylation is 1. The minimum absolute atomic E-state index is 0.327. The second-order valence-corrected chi connectivity index (χ2v) is 9.26. The van der Waals surface area contributed by atoms with Crippen molar-refractivity contribution in [1.82, 2.24) is 5.32 Å². The summed E-state index contributed by atoms with van der Waals surface area (Å²) in [6.07, 6.45) is -0.327. The highest BCUT2D eigenvalue weighted by Gasteiger charge is 2.21. The van der Waals surface area contributed by atoms with E-state index < -0.39 is 0 Å². The average molecular weight is 478 g/mol. The number of nitrogens with zero attached hydrogens (tertiary/aromatic N) is 2. The van der Waals surface area contributed by atoms with Crippen LogP contribution in [0.25, 0.3) is 22.3 Å². The van der Waals surface area contributed by atoms with Gasteiger partial charge in [0, 0.05) is 11.1 Å². The molecule has 37 heavy (non-hydrogen) atoms. The Balaban J connectivity index is 1.42. The molecule has 6 rings (SSSR count). The molecule has 1 aliphatic rings. The van der Waals surface area contributed by atoms with E-state index in [2.05, 4.69) is 134 Å². The van der Waals surface area contributed by atoms with Crippen LogP contribution in [0, 0.1) is 6.92 Å². The first kappa shape index (κ1) is 22.7. The summed E-state index contributed by atoms with van der Waals surface area (Å²) in [7, 11) is 0. The Morgan fingerprint density at radius 1 is 0.459 bits per heavy atom. The highest BCUT2D eigenvalue weighted by Crippen LogP contribution is 2.27. The van der Waals surface area contributed by atoms with Gasteiger partial charge in [-0.15, -0.1) is 0 Å². The first-order chi connectivity index (χ1) is 18.2. The summed E-state index contributed by atoms with van der Waals surface area (Å²) in [5, 5.41) is 3.56. The summed E-state index contributed by atoms with van der Waals surface area (Å²) in [6.45, 7) is 2.10. The molecule has 5 aromatic carbocycles. The molecule has 1 N–H and O–H groups in total. The molecule has 1 aliphatic heterocycles. The van der Waals surface area contributed by atoms with Gasteiger partial charge in [0.1, 0.15) is 11.7 Å². The molecule has 0 radical (unpaired) electrons. The summed E-state index contributed by atoms with van der Waals surface area (Å²) < 4.78 is 0. The summed E-state index contributed by atoms with van der Waals surface area (Å²) in [5.74, 6) is 1.64. The summed E-state index contributed by atoms with van der Waals surface area (Å²) in [4.78, 5) is 10.1. The molecule has 0 saturated heterocycles. The van der Waals surface area contributed by atoms with Crippen molar-refractivity contribution >= 4 is 11.7 Å². The number of hydrogen-bond donors (Lipinski definition) is 1. The molecule has 5 aromatic rings. The van der Waals surface area contributed by atoms with Gasteiger partial charge in [-0.3, -0.25) is 0 Å². The van der Waals surface area contributed by atoms with Gasteiger partial charge >= 0.3 is 0 Å². The fourth-order valence-corrected chi connectivity index (χ4v) is 4.68. The molecule has 0 aliphatic carbocycles. The van der Waals surface area contributed by atoms with Gasteiger partial charge in [-0.25, -0.2) is 9.98 Å². The maximum absolute atomic E-state index is 5.07. The zero-order valence-corrected chi connectivity index (χ0v) is 20.7. The molecule has 178 valence electrons. The van der Waals surface area contributed by atoms with Crippen LogP contribution in [0.4, 0.5) is 0 Å². The van der Waals surface area contributed by atoms with Crippen LogP contribution < -0.4 is 5.32 Å². The van der Waals surface area contributed by atoms with Crippen LogP contribution in [0.3, 0.4) is 0 Å². The molecule has 0 spiro atoms. The molecule has 3 nitrogen and oxygen atoms in total. The largest absolute Gasteiger partial charge is 0.324 e. The topological polar surface area (TPSA) is 36.8 Å². The predicted molar refractivity (Wildman–Crippen MR) is 154 cm³/mol. The minimum atomic E-state index is -0.327. The van der Waals surface area contributed by atoms with Crippen LogP contribution in [-0.2, 0) is 0 Å². The van der Waals surface area contributed by atoms with E-state index in [0.29, 0.717) is 0 Å². The number of hydrogen-bond acceptors (Lipinski definition) is 3. The van der Waals surface area contributed by atoms with Crippen LogP contribution in [0.1, 0.15) is 28.4 Å². The Morgan fingerprint density at radius 2 is 0.919 bits per heavy atom.